The molecule has 0 saturated carbocycles. The van der Waals surface area contributed by atoms with Gasteiger partial charge in [-0.3, -0.25) is 4.21 Å². The van der Waals surface area contributed by atoms with Gasteiger partial charge in [0.25, 0.3) is 0 Å². The van der Waals surface area contributed by atoms with E-state index in [2.05, 4.69) is 10.3 Å². The third-order valence-electron chi connectivity index (χ3n) is 1.77. The molecular formula is C10H13N3OS. The molecule has 1 rings (SSSR count). The van der Waals surface area contributed by atoms with Gasteiger partial charge in [0.2, 0.25) is 0 Å². The zero-order valence-electron chi connectivity index (χ0n) is 8.73. The predicted molar refractivity (Wildman–Crippen MR) is 61.0 cm³/mol. The minimum absolute atomic E-state index is 0.108. The van der Waals surface area contributed by atoms with Crippen LogP contribution in [0.15, 0.2) is 18.3 Å². The van der Waals surface area contributed by atoms with Gasteiger partial charge in [-0.2, -0.15) is 5.26 Å². The van der Waals surface area contributed by atoms with Gasteiger partial charge in [-0.25, -0.2) is 4.98 Å². The minimum atomic E-state index is -0.818. The van der Waals surface area contributed by atoms with Crippen molar-refractivity contribution in [2.45, 2.75) is 13.0 Å². The number of pyridine rings is 1. The molecule has 4 nitrogen and oxygen atoms in total. The van der Waals surface area contributed by atoms with Gasteiger partial charge in [0, 0.05) is 35.0 Å². The van der Waals surface area contributed by atoms with Gasteiger partial charge in [-0.1, -0.05) is 0 Å². The summed E-state index contributed by atoms with van der Waals surface area (Å²) in [6, 6.07) is 5.55. The molecule has 1 N–H and O–H groups in total. The van der Waals surface area contributed by atoms with E-state index in [1.165, 1.54) is 6.20 Å². The van der Waals surface area contributed by atoms with E-state index in [9.17, 15) is 4.21 Å². The van der Waals surface area contributed by atoms with Crippen molar-refractivity contribution >= 4 is 16.6 Å². The van der Waals surface area contributed by atoms with Crippen LogP contribution in [0, 0.1) is 11.3 Å². The maximum absolute atomic E-state index is 11.0. The third-order valence-corrected chi connectivity index (χ3v) is 2.74. The molecule has 1 aromatic heterocycles. The molecule has 0 radical (unpaired) electrons. The highest BCUT2D eigenvalue weighted by molar-refractivity contribution is 7.84. The molecule has 2 unspecified atom stereocenters. The SMILES string of the molecule is CC(CS(C)=O)Nc1ccc(C#N)cn1. The fourth-order valence-corrected chi connectivity index (χ4v) is 1.98. The summed E-state index contributed by atoms with van der Waals surface area (Å²) >= 11 is 0. The zero-order valence-corrected chi connectivity index (χ0v) is 9.54. The van der Waals surface area contributed by atoms with Crippen molar-refractivity contribution in [3.05, 3.63) is 23.9 Å². The van der Waals surface area contributed by atoms with Crippen molar-refractivity contribution in [3.63, 3.8) is 0 Å². The van der Waals surface area contributed by atoms with Crippen LogP contribution in [0.4, 0.5) is 5.82 Å². The number of nitrogens with zero attached hydrogens (tertiary/aromatic N) is 2. The predicted octanol–water partition coefficient (Wildman–Crippen LogP) is 1.13. The molecule has 0 aliphatic carbocycles. The van der Waals surface area contributed by atoms with Crippen LogP contribution in [0.25, 0.3) is 0 Å². The zero-order chi connectivity index (χ0) is 11.3. The second-order valence-electron chi connectivity index (χ2n) is 3.33. The third kappa shape index (κ3) is 4.09. The van der Waals surface area contributed by atoms with Gasteiger partial charge in [0.05, 0.1) is 5.56 Å². The van der Waals surface area contributed by atoms with Gasteiger partial charge in [-0.15, -0.1) is 0 Å². The summed E-state index contributed by atoms with van der Waals surface area (Å²) in [6.07, 6.45) is 3.18. The molecule has 0 saturated heterocycles. The Morgan fingerprint density at radius 2 is 2.40 bits per heavy atom. The van der Waals surface area contributed by atoms with Crippen molar-refractivity contribution in [1.82, 2.24) is 4.98 Å². The molecule has 1 heterocycles. The normalized spacial score (nSPS) is 13.9. The highest BCUT2D eigenvalue weighted by atomic mass is 32.2. The van der Waals surface area contributed by atoms with Crippen molar-refractivity contribution in [3.8, 4) is 6.07 Å². The van der Waals surface area contributed by atoms with Crippen LogP contribution in [0.2, 0.25) is 0 Å². The van der Waals surface area contributed by atoms with E-state index in [1.807, 2.05) is 13.0 Å². The molecule has 0 fully saturated rings. The Hall–Kier alpha value is -1.41. The van der Waals surface area contributed by atoms with Crippen LogP contribution in [0.1, 0.15) is 12.5 Å². The maximum Gasteiger partial charge on any atom is 0.126 e. The first-order valence-corrected chi connectivity index (χ1v) is 6.27. The molecule has 0 aliphatic heterocycles. The molecule has 0 spiro atoms. The van der Waals surface area contributed by atoms with Gasteiger partial charge in [-0.05, 0) is 19.1 Å². The average molecular weight is 223 g/mol. The number of aromatic nitrogens is 1. The molecule has 0 bridgehead atoms. The lowest BCUT2D eigenvalue weighted by Gasteiger charge is -2.12. The number of hydrogen-bond acceptors (Lipinski definition) is 4. The molecule has 5 heteroatoms. The molecule has 80 valence electrons. The molecule has 15 heavy (non-hydrogen) atoms. The number of anilines is 1. The lowest BCUT2D eigenvalue weighted by Crippen LogP contribution is -2.22. The fraction of sp³-hybridized carbons (Fsp3) is 0.400. The summed E-state index contributed by atoms with van der Waals surface area (Å²) in [5.41, 5.74) is 0.535. The highest BCUT2D eigenvalue weighted by Gasteiger charge is 2.04. The second kappa shape index (κ2) is 5.47. The molecule has 0 aromatic carbocycles. The number of nitriles is 1. The largest absolute Gasteiger partial charge is 0.367 e. The summed E-state index contributed by atoms with van der Waals surface area (Å²) in [4.78, 5) is 4.06. The Kier molecular flexibility index (Phi) is 4.25. The van der Waals surface area contributed by atoms with E-state index >= 15 is 0 Å². The van der Waals surface area contributed by atoms with Crippen LogP contribution in [0.5, 0.6) is 0 Å². The first-order chi connectivity index (χ1) is 7.11. The minimum Gasteiger partial charge on any atom is -0.367 e. The molecule has 0 aliphatic rings. The van der Waals surface area contributed by atoms with Crippen molar-refractivity contribution in [2.24, 2.45) is 0 Å². The monoisotopic (exact) mass is 223 g/mol. The van der Waals surface area contributed by atoms with Crippen LogP contribution in [-0.2, 0) is 10.8 Å². The van der Waals surface area contributed by atoms with Crippen molar-refractivity contribution in [1.29, 1.82) is 5.26 Å². The number of hydrogen-bond donors (Lipinski definition) is 1. The Bertz CT molecular complexity index is 383. The fourth-order valence-electron chi connectivity index (χ4n) is 1.19. The van der Waals surface area contributed by atoms with Crippen molar-refractivity contribution in [2.75, 3.05) is 17.3 Å². The lowest BCUT2D eigenvalue weighted by atomic mass is 10.3. The van der Waals surface area contributed by atoms with Crippen molar-refractivity contribution < 1.29 is 4.21 Å². The van der Waals surface area contributed by atoms with E-state index in [1.54, 1.807) is 18.4 Å². The van der Waals surface area contributed by atoms with E-state index in [4.69, 9.17) is 5.26 Å². The molecule has 1 aromatic rings. The van der Waals surface area contributed by atoms with E-state index < -0.39 is 10.8 Å². The second-order valence-corrected chi connectivity index (χ2v) is 4.81. The van der Waals surface area contributed by atoms with Gasteiger partial charge in [0.1, 0.15) is 11.9 Å². The standard InChI is InChI=1S/C10H13N3OS/c1-8(7-15(2)14)13-10-4-3-9(5-11)6-12-10/h3-4,6,8H,7H2,1-2H3,(H,12,13). The molecule has 0 amide bonds. The summed E-state index contributed by atoms with van der Waals surface area (Å²) in [5.74, 6) is 1.29. The first-order valence-electron chi connectivity index (χ1n) is 4.54. The summed E-state index contributed by atoms with van der Waals surface area (Å²) in [6.45, 7) is 1.95. The molecular weight excluding hydrogens is 210 g/mol. The smallest absolute Gasteiger partial charge is 0.126 e. The maximum atomic E-state index is 11.0. The van der Waals surface area contributed by atoms with Gasteiger partial charge >= 0.3 is 0 Å². The topological polar surface area (TPSA) is 65.8 Å². The summed E-state index contributed by atoms with van der Waals surface area (Å²) in [5, 5.41) is 11.7. The Morgan fingerprint density at radius 3 is 2.87 bits per heavy atom. The Balaban J connectivity index is 2.58. The van der Waals surface area contributed by atoms with E-state index in [0.29, 0.717) is 17.1 Å². The van der Waals surface area contributed by atoms with Crippen LogP contribution < -0.4 is 5.32 Å². The lowest BCUT2D eigenvalue weighted by molar-refractivity contribution is 0.683. The average Bonchev–Trinajstić information content (AvgIpc) is 2.17. The van der Waals surface area contributed by atoms with Gasteiger partial charge in [0.15, 0.2) is 0 Å². The summed E-state index contributed by atoms with van der Waals surface area (Å²) < 4.78 is 11.0. The van der Waals surface area contributed by atoms with E-state index in [0.717, 1.165) is 0 Å². The van der Waals surface area contributed by atoms with E-state index in [-0.39, 0.29) is 6.04 Å². The van der Waals surface area contributed by atoms with Crippen LogP contribution in [0.3, 0.4) is 0 Å². The quantitative estimate of drug-likeness (QED) is 0.831. The Labute approximate surface area is 91.8 Å². The number of nitrogens with one attached hydrogen (secondary N) is 1. The summed E-state index contributed by atoms with van der Waals surface area (Å²) in [7, 11) is -0.818. The number of rotatable bonds is 4. The van der Waals surface area contributed by atoms with Crippen LogP contribution >= 0.6 is 0 Å². The van der Waals surface area contributed by atoms with Crippen LogP contribution in [-0.4, -0.2) is 27.2 Å². The highest BCUT2D eigenvalue weighted by Crippen LogP contribution is 2.05. The van der Waals surface area contributed by atoms with Gasteiger partial charge < -0.3 is 5.32 Å². The Morgan fingerprint density at radius 1 is 1.67 bits per heavy atom. The first kappa shape index (κ1) is 11.7. The molecule has 2 atom stereocenters.